The van der Waals surface area contributed by atoms with E-state index in [-0.39, 0.29) is 6.04 Å². The lowest BCUT2D eigenvalue weighted by molar-refractivity contribution is 0.114. The topological polar surface area (TPSA) is 75.9 Å². The van der Waals surface area contributed by atoms with Crippen molar-refractivity contribution in [2.75, 3.05) is 39.9 Å². The van der Waals surface area contributed by atoms with Gasteiger partial charge in [0.05, 0.1) is 6.61 Å². The Bertz CT molecular complexity index is 400. The molecule has 2 rings (SSSR count). The summed E-state index contributed by atoms with van der Waals surface area (Å²) in [5.74, 6) is 0.310. The zero-order valence-corrected chi connectivity index (χ0v) is 13.1. The van der Waals surface area contributed by atoms with Crippen molar-refractivity contribution < 1.29 is 13.2 Å². The molecule has 0 aromatic rings. The SMILES string of the molecule is COCC1CCCN(S(=O)(=O)N2CCCCC2CN)C1. The fourth-order valence-electron chi connectivity index (χ4n) is 3.27. The molecule has 0 radical (unpaired) electrons. The second kappa shape index (κ2) is 7.17. The summed E-state index contributed by atoms with van der Waals surface area (Å²) in [6.45, 7) is 2.84. The van der Waals surface area contributed by atoms with Gasteiger partial charge in [-0.1, -0.05) is 6.42 Å². The molecule has 2 unspecified atom stereocenters. The first-order valence-corrected chi connectivity index (χ1v) is 8.95. The zero-order chi connectivity index (χ0) is 14.6. The minimum atomic E-state index is -3.37. The quantitative estimate of drug-likeness (QED) is 0.798. The predicted octanol–water partition coefficient (Wildman–Crippen LogP) is 0.403. The number of rotatable bonds is 5. The average molecular weight is 305 g/mol. The second-order valence-electron chi connectivity index (χ2n) is 5.83. The van der Waals surface area contributed by atoms with Crippen LogP contribution in [0.2, 0.25) is 0 Å². The van der Waals surface area contributed by atoms with E-state index in [1.54, 1.807) is 15.7 Å². The van der Waals surface area contributed by atoms with Crippen molar-refractivity contribution in [2.24, 2.45) is 11.7 Å². The Hall–Kier alpha value is -0.210. The molecule has 0 aliphatic carbocycles. The van der Waals surface area contributed by atoms with Crippen LogP contribution in [0.1, 0.15) is 32.1 Å². The van der Waals surface area contributed by atoms with Crippen LogP contribution in [0.5, 0.6) is 0 Å². The smallest absolute Gasteiger partial charge is 0.282 e. The molecule has 0 aromatic carbocycles. The number of methoxy groups -OCH3 is 1. The van der Waals surface area contributed by atoms with Crippen molar-refractivity contribution in [3.63, 3.8) is 0 Å². The maximum Gasteiger partial charge on any atom is 0.282 e. The van der Waals surface area contributed by atoms with Crippen LogP contribution < -0.4 is 5.73 Å². The summed E-state index contributed by atoms with van der Waals surface area (Å²) in [7, 11) is -1.70. The van der Waals surface area contributed by atoms with Gasteiger partial charge in [0.1, 0.15) is 0 Å². The van der Waals surface area contributed by atoms with Crippen molar-refractivity contribution in [3.05, 3.63) is 0 Å². The number of nitrogens with two attached hydrogens (primary N) is 1. The third kappa shape index (κ3) is 3.51. The van der Waals surface area contributed by atoms with Gasteiger partial charge in [-0.25, -0.2) is 0 Å². The molecule has 2 atom stereocenters. The van der Waals surface area contributed by atoms with Crippen LogP contribution in [-0.4, -0.2) is 63.0 Å². The first-order valence-electron chi connectivity index (χ1n) is 7.55. The summed E-state index contributed by atoms with van der Waals surface area (Å²) in [4.78, 5) is 0. The maximum atomic E-state index is 12.8. The van der Waals surface area contributed by atoms with E-state index in [4.69, 9.17) is 10.5 Å². The summed E-state index contributed by atoms with van der Waals surface area (Å²) in [6, 6.07) is -0.0310. The van der Waals surface area contributed by atoms with Gasteiger partial charge in [-0.2, -0.15) is 17.0 Å². The lowest BCUT2D eigenvalue weighted by Crippen LogP contribution is -2.55. The summed E-state index contributed by atoms with van der Waals surface area (Å²) >= 11 is 0. The number of hydrogen-bond donors (Lipinski definition) is 1. The van der Waals surface area contributed by atoms with Crippen LogP contribution in [0.15, 0.2) is 0 Å². The van der Waals surface area contributed by atoms with Crippen LogP contribution in [0.25, 0.3) is 0 Å². The van der Waals surface area contributed by atoms with Crippen LogP contribution >= 0.6 is 0 Å². The number of hydrogen-bond acceptors (Lipinski definition) is 4. The Balaban J connectivity index is 2.08. The molecule has 20 heavy (non-hydrogen) atoms. The molecule has 2 fully saturated rings. The lowest BCUT2D eigenvalue weighted by Gasteiger charge is -2.40. The van der Waals surface area contributed by atoms with Crippen LogP contribution in [0.4, 0.5) is 0 Å². The minimum Gasteiger partial charge on any atom is -0.384 e. The summed E-state index contributed by atoms with van der Waals surface area (Å²) in [6.07, 6.45) is 4.84. The largest absolute Gasteiger partial charge is 0.384 e. The normalized spacial score (nSPS) is 30.5. The minimum absolute atomic E-state index is 0.0310. The van der Waals surface area contributed by atoms with E-state index < -0.39 is 10.2 Å². The highest BCUT2D eigenvalue weighted by molar-refractivity contribution is 7.86. The van der Waals surface area contributed by atoms with Gasteiger partial charge in [-0.15, -0.1) is 0 Å². The Morgan fingerprint density at radius 1 is 1.20 bits per heavy atom. The molecule has 2 saturated heterocycles. The third-order valence-electron chi connectivity index (χ3n) is 4.35. The molecule has 0 aromatic heterocycles. The average Bonchev–Trinajstić information content (AvgIpc) is 2.48. The molecule has 2 aliphatic heterocycles. The van der Waals surface area contributed by atoms with Gasteiger partial charge in [0.25, 0.3) is 10.2 Å². The molecule has 0 saturated carbocycles. The number of nitrogens with zero attached hydrogens (tertiary/aromatic N) is 2. The molecule has 118 valence electrons. The van der Waals surface area contributed by atoms with Crippen molar-refractivity contribution in [1.82, 2.24) is 8.61 Å². The van der Waals surface area contributed by atoms with Gasteiger partial charge in [0.15, 0.2) is 0 Å². The van der Waals surface area contributed by atoms with Crippen LogP contribution in [0, 0.1) is 5.92 Å². The lowest BCUT2D eigenvalue weighted by atomic mass is 10.0. The van der Waals surface area contributed by atoms with Gasteiger partial charge < -0.3 is 10.5 Å². The molecule has 7 heteroatoms. The predicted molar refractivity (Wildman–Crippen MR) is 78.5 cm³/mol. The Kier molecular flexibility index (Phi) is 5.80. The summed E-state index contributed by atoms with van der Waals surface area (Å²) in [5, 5.41) is 0. The molecule has 2 aliphatic rings. The Labute approximate surface area is 122 Å². The number of piperidine rings is 2. The first-order chi connectivity index (χ1) is 9.59. The molecule has 0 bridgehead atoms. The van der Waals surface area contributed by atoms with Crippen LogP contribution in [-0.2, 0) is 14.9 Å². The molecular formula is C13H27N3O3S. The fraction of sp³-hybridized carbons (Fsp3) is 1.00. The Morgan fingerprint density at radius 3 is 2.70 bits per heavy atom. The monoisotopic (exact) mass is 305 g/mol. The molecular weight excluding hydrogens is 278 g/mol. The maximum absolute atomic E-state index is 12.8. The van der Waals surface area contributed by atoms with Crippen LogP contribution in [0.3, 0.4) is 0 Å². The molecule has 6 nitrogen and oxygen atoms in total. The highest BCUT2D eigenvalue weighted by Gasteiger charge is 2.37. The molecule has 0 spiro atoms. The van der Waals surface area contributed by atoms with Crippen molar-refractivity contribution in [3.8, 4) is 0 Å². The highest BCUT2D eigenvalue weighted by Crippen LogP contribution is 2.26. The van der Waals surface area contributed by atoms with E-state index in [9.17, 15) is 8.42 Å². The standard InChI is InChI=1S/C13H27N3O3S/c1-19-11-12-5-4-7-15(10-12)20(17,18)16-8-3-2-6-13(16)9-14/h12-13H,2-11,14H2,1H3. The van der Waals surface area contributed by atoms with E-state index in [0.717, 1.165) is 32.1 Å². The van der Waals surface area contributed by atoms with Gasteiger partial charge in [-0.05, 0) is 31.6 Å². The van der Waals surface area contributed by atoms with Crippen molar-refractivity contribution >= 4 is 10.2 Å². The molecule has 0 amide bonds. The molecule has 2 heterocycles. The molecule has 2 N–H and O–H groups in total. The van der Waals surface area contributed by atoms with E-state index in [0.29, 0.717) is 38.7 Å². The van der Waals surface area contributed by atoms with Gasteiger partial charge in [0, 0.05) is 39.3 Å². The highest BCUT2D eigenvalue weighted by atomic mass is 32.2. The third-order valence-corrected chi connectivity index (χ3v) is 6.41. The van der Waals surface area contributed by atoms with Gasteiger partial charge in [0.2, 0.25) is 0 Å². The summed E-state index contributed by atoms with van der Waals surface area (Å²) < 4.78 is 34.1. The van der Waals surface area contributed by atoms with Gasteiger partial charge >= 0.3 is 0 Å². The summed E-state index contributed by atoms with van der Waals surface area (Å²) in [5.41, 5.74) is 5.75. The van der Waals surface area contributed by atoms with E-state index >= 15 is 0 Å². The zero-order valence-electron chi connectivity index (χ0n) is 12.3. The fourth-order valence-corrected chi connectivity index (χ4v) is 5.25. The van der Waals surface area contributed by atoms with E-state index in [2.05, 4.69) is 0 Å². The first kappa shape index (κ1) is 16.2. The van der Waals surface area contributed by atoms with Crippen molar-refractivity contribution in [1.29, 1.82) is 0 Å². The number of ether oxygens (including phenoxy) is 1. The van der Waals surface area contributed by atoms with Crippen molar-refractivity contribution in [2.45, 2.75) is 38.1 Å². The Morgan fingerprint density at radius 2 is 2.00 bits per heavy atom. The van der Waals surface area contributed by atoms with E-state index in [1.165, 1.54) is 0 Å². The van der Waals surface area contributed by atoms with Gasteiger partial charge in [-0.3, -0.25) is 0 Å². The second-order valence-corrected chi connectivity index (χ2v) is 7.71. The van der Waals surface area contributed by atoms with E-state index in [1.807, 2.05) is 0 Å².